The van der Waals surface area contributed by atoms with Gasteiger partial charge in [0, 0.05) is 21.3 Å². The van der Waals surface area contributed by atoms with E-state index in [2.05, 4.69) is 58.5 Å². The first-order valence-corrected chi connectivity index (χ1v) is 7.98. The molecule has 1 heterocycles. The maximum absolute atomic E-state index is 7.60. The average molecular weight is 299 g/mol. The molecule has 0 fully saturated rings. The van der Waals surface area contributed by atoms with Crippen LogP contribution in [0.1, 0.15) is 66.9 Å². The molecule has 0 spiro atoms. The van der Waals surface area contributed by atoms with Crippen LogP contribution in [-0.2, 0) is 12.5 Å². The predicted molar refractivity (Wildman–Crippen MR) is 95.3 cm³/mol. The Morgan fingerprint density at radius 2 is 1.82 bits per heavy atom. The zero-order valence-electron chi connectivity index (χ0n) is 17.9. The second-order valence-electron chi connectivity index (χ2n) is 7.57. The van der Waals surface area contributed by atoms with Crippen molar-refractivity contribution in [1.82, 2.24) is 0 Å². The topological polar surface area (TPSA) is 3.88 Å². The van der Waals surface area contributed by atoms with Crippen LogP contribution in [0.3, 0.4) is 0 Å². The molecule has 0 aliphatic rings. The minimum absolute atomic E-state index is 0.0794. The first-order chi connectivity index (χ1) is 11.3. The van der Waals surface area contributed by atoms with E-state index in [0.29, 0.717) is 11.5 Å². The van der Waals surface area contributed by atoms with Crippen molar-refractivity contribution in [3.05, 3.63) is 52.7 Å². The molecule has 0 unspecified atom stereocenters. The molecule has 1 aromatic carbocycles. The molecule has 0 aliphatic carbocycles. The van der Waals surface area contributed by atoms with E-state index in [1.807, 2.05) is 13.0 Å². The Labute approximate surface area is 140 Å². The molecular formula is C21H30N+. The summed E-state index contributed by atoms with van der Waals surface area (Å²) in [6.07, 6.45) is 2.22. The second kappa shape index (κ2) is 5.87. The highest BCUT2D eigenvalue weighted by Crippen LogP contribution is 2.32. The Hall–Kier alpha value is -1.63. The minimum atomic E-state index is -2.06. The lowest BCUT2D eigenvalue weighted by Crippen LogP contribution is -2.34. The summed E-state index contributed by atoms with van der Waals surface area (Å²) in [5.74, 6) is 0.427. The normalized spacial score (nSPS) is 14.6. The fourth-order valence-electron chi connectivity index (χ4n) is 2.99. The van der Waals surface area contributed by atoms with Gasteiger partial charge in [-0.25, -0.2) is 4.57 Å². The quantitative estimate of drug-likeness (QED) is 0.670. The van der Waals surface area contributed by atoms with Crippen LogP contribution < -0.4 is 4.57 Å². The maximum Gasteiger partial charge on any atom is 0.212 e. The van der Waals surface area contributed by atoms with Crippen LogP contribution in [0.4, 0.5) is 0 Å². The molecule has 0 saturated heterocycles. The smallest absolute Gasteiger partial charge is 0.201 e. The van der Waals surface area contributed by atoms with Gasteiger partial charge >= 0.3 is 0 Å². The van der Waals surface area contributed by atoms with Crippen LogP contribution >= 0.6 is 0 Å². The summed E-state index contributed by atoms with van der Waals surface area (Å²) < 4.78 is 25.0. The third kappa shape index (κ3) is 3.24. The molecule has 0 aliphatic heterocycles. The van der Waals surface area contributed by atoms with Crippen molar-refractivity contribution in [1.29, 1.82) is 0 Å². The van der Waals surface area contributed by atoms with Gasteiger partial charge in [0.15, 0.2) is 6.20 Å². The average Bonchev–Trinajstić information content (AvgIpc) is 2.45. The standard InChI is InChI=1S/C21H30N/c1-14(2)18-12-20(17-10-9-15(3)11-16(17)4)22(8)13-19(18)21(5,6)7/h9-14H,1-8H3/q+1/i3D3. The van der Waals surface area contributed by atoms with Gasteiger partial charge < -0.3 is 0 Å². The van der Waals surface area contributed by atoms with Gasteiger partial charge in [-0.05, 0) is 42.3 Å². The lowest BCUT2D eigenvalue weighted by atomic mass is 9.81. The Balaban J connectivity index is 2.67. The highest BCUT2D eigenvalue weighted by atomic mass is 14.9. The van der Waals surface area contributed by atoms with E-state index in [0.717, 1.165) is 16.8 Å². The zero-order valence-corrected chi connectivity index (χ0v) is 14.9. The van der Waals surface area contributed by atoms with Gasteiger partial charge in [0.2, 0.25) is 5.69 Å². The summed E-state index contributed by atoms with van der Waals surface area (Å²) in [6.45, 7) is 11.1. The summed E-state index contributed by atoms with van der Waals surface area (Å²) in [4.78, 5) is 0. The fourth-order valence-corrected chi connectivity index (χ4v) is 2.99. The first-order valence-electron chi connectivity index (χ1n) is 9.48. The van der Waals surface area contributed by atoms with Crippen LogP contribution in [0.15, 0.2) is 30.5 Å². The first kappa shape index (κ1) is 12.9. The summed E-state index contributed by atoms with van der Waals surface area (Å²) in [5.41, 5.74) is 6.36. The lowest BCUT2D eigenvalue weighted by Gasteiger charge is -2.23. The Kier molecular flexibility index (Phi) is 3.43. The Bertz CT molecular complexity index is 781. The fraction of sp³-hybridized carbons (Fsp3) is 0.476. The molecule has 0 radical (unpaired) electrons. The molecule has 0 bridgehead atoms. The van der Waals surface area contributed by atoms with E-state index in [1.165, 1.54) is 11.1 Å². The number of nitrogens with zero attached hydrogens (tertiary/aromatic N) is 1. The summed E-state index contributed by atoms with van der Waals surface area (Å²) >= 11 is 0. The number of aryl methyl sites for hydroxylation is 3. The van der Waals surface area contributed by atoms with Gasteiger partial charge in [-0.3, -0.25) is 0 Å². The number of rotatable bonds is 2. The molecule has 1 nitrogen and oxygen atoms in total. The molecular weight excluding hydrogens is 266 g/mol. The van der Waals surface area contributed by atoms with E-state index < -0.39 is 6.85 Å². The van der Waals surface area contributed by atoms with Crippen molar-refractivity contribution in [2.45, 2.75) is 59.7 Å². The number of hydrogen-bond acceptors (Lipinski definition) is 0. The molecule has 1 heteroatoms. The Morgan fingerprint density at radius 3 is 2.32 bits per heavy atom. The highest BCUT2D eigenvalue weighted by Gasteiger charge is 2.25. The summed E-state index contributed by atoms with van der Waals surface area (Å²) in [5, 5.41) is 0. The van der Waals surface area contributed by atoms with E-state index in [4.69, 9.17) is 4.11 Å². The molecule has 2 rings (SSSR count). The lowest BCUT2D eigenvalue weighted by molar-refractivity contribution is -0.661. The second-order valence-corrected chi connectivity index (χ2v) is 7.57. The molecule has 0 atom stereocenters. The molecule has 0 N–H and O–H groups in total. The molecule has 118 valence electrons. The molecule has 2 aromatic rings. The van der Waals surface area contributed by atoms with E-state index in [-0.39, 0.29) is 5.41 Å². The van der Waals surface area contributed by atoms with E-state index in [9.17, 15) is 0 Å². The van der Waals surface area contributed by atoms with Gasteiger partial charge in [-0.1, -0.05) is 52.3 Å². The van der Waals surface area contributed by atoms with Crippen LogP contribution in [-0.4, -0.2) is 0 Å². The van der Waals surface area contributed by atoms with Crippen LogP contribution in [0, 0.1) is 13.8 Å². The number of aromatic nitrogens is 1. The van der Waals surface area contributed by atoms with Crippen LogP contribution in [0.25, 0.3) is 11.3 Å². The van der Waals surface area contributed by atoms with Crippen molar-refractivity contribution < 1.29 is 8.68 Å². The van der Waals surface area contributed by atoms with Gasteiger partial charge in [0.1, 0.15) is 7.05 Å². The maximum atomic E-state index is 7.60. The van der Waals surface area contributed by atoms with Gasteiger partial charge in [-0.15, -0.1) is 0 Å². The van der Waals surface area contributed by atoms with E-state index >= 15 is 0 Å². The number of pyridine rings is 1. The summed E-state index contributed by atoms with van der Waals surface area (Å²) in [7, 11) is 2.06. The SMILES string of the molecule is [2H]C([2H])([2H])c1ccc(-c2cc(C(C)C)c(C(C)(C)C)c[n+]2C)c(C)c1. The third-order valence-electron chi connectivity index (χ3n) is 4.24. The monoisotopic (exact) mass is 299 g/mol. The Morgan fingerprint density at radius 1 is 1.14 bits per heavy atom. The van der Waals surface area contributed by atoms with Crippen molar-refractivity contribution in [2.75, 3.05) is 0 Å². The molecule has 22 heavy (non-hydrogen) atoms. The van der Waals surface area contributed by atoms with Crippen LogP contribution in [0.5, 0.6) is 0 Å². The van der Waals surface area contributed by atoms with Gasteiger partial charge in [0.05, 0.1) is 0 Å². The zero-order chi connectivity index (χ0) is 19.2. The van der Waals surface area contributed by atoms with E-state index in [1.54, 1.807) is 12.1 Å². The third-order valence-corrected chi connectivity index (χ3v) is 4.24. The van der Waals surface area contributed by atoms with Crippen LogP contribution in [0.2, 0.25) is 0 Å². The molecule has 0 saturated carbocycles. The van der Waals surface area contributed by atoms with Crippen molar-refractivity contribution >= 4 is 0 Å². The molecule has 1 aromatic heterocycles. The van der Waals surface area contributed by atoms with Gasteiger partial charge in [-0.2, -0.15) is 0 Å². The summed E-state index contributed by atoms with van der Waals surface area (Å²) in [6, 6.07) is 7.72. The number of hydrogen-bond donors (Lipinski definition) is 0. The van der Waals surface area contributed by atoms with Crippen molar-refractivity contribution in [3.8, 4) is 11.3 Å². The molecule has 0 amide bonds. The highest BCUT2D eigenvalue weighted by molar-refractivity contribution is 5.62. The largest absolute Gasteiger partial charge is 0.212 e. The minimum Gasteiger partial charge on any atom is -0.201 e. The van der Waals surface area contributed by atoms with Gasteiger partial charge in [0.25, 0.3) is 0 Å². The van der Waals surface area contributed by atoms with Crippen molar-refractivity contribution in [3.63, 3.8) is 0 Å². The van der Waals surface area contributed by atoms with Crippen molar-refractivity contribution in [2.24, 2.45) is 7.05 Å². The number of benzene rings is 1. The predicted octanol–water partition coefficient (Wildman–Crippen LogP) is 5.22.